The minimum Gasteiger partial charge on any atom is -0.495 e. The molecule has 0 aliphatic carbocycles. The maximum atomic E-state index is 11.9. The molecule has 0 unspecified atom stereocenters. The summed E-state index contributed by atoms with van der Waals surface area (Å²) >= 11 is 6.20. The molecule has 1 aliphatic rings. The van der Waals surface area contributed by atoms with Crippen molar-refractivity contribution in [2.45, 2.75) is 12.8 Å². The van der Waals surface area contributed by atoms with Gasteiger partial charge in [-0.15, -0.1) is 0 Å². The lowest BCUT2D eigenvalue weighted by Gasteiger charge is -2.31. The highest BCUT2D eigenvalue weighted by molar-refractivity contribution is 6.32. The second-order valence-electron chi connectivity index (χ2n) is 6.75. The number of nitrogens with one attached hydrogen (secondary N) is 1. The number of rotatable bonds is 7. The Balaban J connectivity index is 1.93. The maximum Gasteiger partial charge on any atom is 0.353 e. The highest BCUT2D eigenvalue weighted by atomic mass is 35.5. The Morgan fingerprint density at radius 3 is 2.45 bits per heavy atom. The van der Waals surface area contributed by atoms with Crippen molar-refractivity contribution in [3.63, 3.8) is 0 Å². The summed E-state index contributed by atoms with van der Waals surface area (Å²) in [6.45, 7) is 0.851. The smallest absolute Gasteiger partial charge is 0.353 e. The van der Waals surface area contributed by atoms with Crippen LogP contribution in [0.5, 0.6) is 11.5 Å². The van der Waals surface area contributed by atoms with E-state index in [4.69, 9.17) is 25.8 Å². The molecule has 1 aromatic heterocycles. The van der Waals surface area contributed by atoms with Gasteiger partial charge in [0.1, 0.15) is 17.8 Å². The fraction of sp³-hybridized carbons (Fsp3) is 0.421. The summed E-state index contributed by atoms with van der Waals surface area (Å²) in [6, 6.07) is 3.10. The molecule has 11 nitrogen and oxygen atoms in total. The molecule has 1 N–H and O–H groups in total. The molecule has 1 fully saturated rings. The lowest BCUT2D eigenvalue weighted by molar-refractivity contribution is -0.383. The zero-order valence-electron chi connectivity index (χ0n) is 17.3. The SMILES string of the molecule is COC(=O)C1CCN(c2ncnc(Nc3cc(Cl)c(OC)cc3OC)c2[N+](=O)[O-])CC1. The van der Waals surface area contributed by atoms with Gasteiger partial charge in [-0.3, -0.25) is 14.9 Å². The van der Waals surface area contributed by atoms with Crippen molar-refractivity contribution in [1.29, 1.82) is 0 Å². The van der Waals surface area contributed by atoms with Crippen LogP contribution in [0.3, 0.4) is 0 Å². The van der Waals surface area contributed by atoms with E-state index in [2.05, 4.69) is 15.3 Å². The first-order chi connectivity index (χ1) is 14.9. The van der Waals surface area contributed by atoms with Gasteiger partial charge in [-0.25, -0.2) is 9.97 Å². The van der Waals surface area contributed by atoms with Crippen molar-refractivity contribution in [3.8, 4) is 11.5 Å². The second kappa shape index (κ2) is 9.65. The van der Waals surface area contributed by atoms with Crippen LogP contribution in [-0.2, 0) is 9.53 Å². The Morgan fingerprint density at radius 2 is 1.87 bits per heavy atom. The zero-order chi connectivity index (χ0) is 22.5. The van der Waals surface area contributed by atoms with Gasteiger partial charge in [0.2, 0.25) is 11.6 Å². The number of benzene rings is 1. The summed E-state index contributed by atoms with van der Waals surface area (Å²) in [4.78, 5) is 33.1. The number of piperidine rings is 1. The average Bonchev–Trinajstić information content (AvgIpc) is 2.78. The van der Waals surface area contributed by atoms with Crippen LogP contribution in [0, 0.1) is 16.0 Å². The number of carbonyl (C=O) groups is 1. The molecule has 3 rings (SSSR count). The largest absolute Gasteiger partial charge is 0.495 e. The van der Waals surface area contributed by atoms with E-state index in [1.807, 2.05) is 0 Å². The Kier molecular flexibility index (Phi) is 6.95. The van der Waals surface area contributed by atoms with E-state index < -0.39 is 4.92 Å². The number of ether oxygens (including phenoxy) is 3. The van der Waals surface area contributed by atoms with Gasteiger partial charge in [0.05, 0.1) is 42.9 Å². The van der Waals surface area contributed by atoms with E-state index in [9.17, 15) is 14.9 Å². The number of methoxy groups -OCH3 is 3. The first-order valence-corrected chi connectivity index (χ1v) is 9.78. The number of halogens is 1. The highest BCUT2D eigenvalue weighted by Gasteiger charge is 2.32. The van der Waals surface area contributed by atoms with E-state index in [1.54, 1.807) is 11.0 Å². The number of esters is 1. The summed E-state index contributed by atoms with van der Waals surface area (Å²) in [5.74, 6) is 0.423. The third kappa shape index (κ3) is 4.71. The molecule has 1 aromatic carbocycles. The average molecular weight is 452 g/mol. The maximum absolute atomic E-state index is 11.9. The summed E-state index contributed by atoms with van der Waals surface area (Å²) in [7, 11) is 4.28. The number of hydrogen-bond donors (Lipinski definition) is 1. The van der Waals surface area contributed by atoms with Crippen LogP contribution >= 0.6 is 11.6 Å². The molecular formula is C19H22ClN5O6. The van der Waals surface area contributed by atoms with E-state index >= 15 is 0 Å². The van der Waals surface area contributed by atoms with E-state index in [-0.39, 0.29) is 29.2 Å². The number of carbonyl (C=O) groups excluding carboxylic acids is 1. The van der Waals surface area contributed by atoms with Crippen molar-refractivity contribution >= 4 is 40.6 Å². The van der Waals surface area contributed by atoms with Crippen molar-refractivity contribution in [2.75, 3.05) is 44.6 Å². The summed E-state index contributed by atoms with van der Waals surface area (Å²) < 4.78 is 15.3. The van der Waals surface area contributed by atoms with Crippen molar-refractivity contribution < 1.29 is 23.9 Å². The van der Waals surface area contributed by atoms with Gasteiger partial charge in [0.15, 0.2) is 0 Å². The van der Waals surface area contributed by atoms with Gasteiger partial charge < -0.3 is 24.4 Å². The van der Waals surface area contributed by atoms with Crippen LogP contribution in [0.1, 0.15) is 12.8 Å². The normalized spacial score (nSPS) is 14.1. The number of anilines is 3. The molecule has 12 heteroatoms. The molecule has 1 saturated heterocycles. The minimum absolute atomic E-state index is 0.00961. The Labute approximate surface area is 183 Å². The third-order valence-electron chi connectivity index (χ3n) is 5.04. The first kappa shape index (κ1) is 22.3. The summed E-state index contributed by atoms with van der Waals surface area (Å²) in [6.07, 6.45) is 2.27. The van der Waals surface area contributed by atoms with Crippen molar-refractivity contribution in [3.05, 3.63) is 33.6 Å². The lowest BCUT2D eigenvalue weighted by Crippen LogP contribution is -2.37. The molecular weight excluding hydrogens is 430 g/mol. The van der Waals surface area contributed by atoms with Crippen LogP contribution in [-0.4, -0.2) is 55.3 Å². The molecule has 2 aromatic rings. The molecule has 0 spiro atoms. The fourth-order valence-corrected chi connectivity index (χ4v) is 3.68. The molecule has 2 heterocycles. The molecule has 166 valence electrons. The van der Waals surface area contributed by atoms with Crippen molar-refractivity contribution in [1.82, 2.24) is 9.97 Å². The molecule has 1 aliphatic heterocycles. The molecule has 0 saturated carbocycles. The third-order valence-corrected chi connectivity index (χ3v) is 5.34. The Morgan fingerprint density at radius 1 is 1.19 bits per heavy atom. The number of nitrogens with zero attached hydrogens (tertiary/aromatic N) is 4. The van der Waals surface area contributed by atoms with Gasteiger partial charge in [0, 0.05) is 19.2 Å². The monoisotopic (exact) mass is 451 g/mol. The summed E-state index contributed by atoms with van der Waals surface area (Å²) in [5.41, 5.74) is 0.0958. The number of hydrogen-bond acceptors (Lipinski definition) is 10. The van der Waals surface area contributed by atoms with Gasteiger partial charge in [-0.2, -0.15) is 0 Å². The van der Waals surface area contributed by atoms with E-state index in [0.29, 0.717) is 48.1 Å². The quantitative estimate of drug-likeness (QED) is 0.380. The number of nitro groups is 1. The van der Waals surface area contributed by atoms with Gasteiger partial charge in [-0.1, -0.05) is 11.6 Å². The molecule has 0 atom stereocenters. The molecule has 0 amide bonds. The Bertz CT molecular complexity index is 981. The van der Waals surface area contributed by atoms with Gasteiger partial charge >= 0.3 is 11.7 Å². The predicted molar refractivity (Wildman–Crippen MR) is 113 cm³/mol. The van der Waals surface area contributed by atoms with Gasteiger partial charge in [-0.05, 0) is 18.9 Å². The van der Waals surface area contributed by atoms with Crippen LogP contribution in [0.25, 0.3) is 0 Å². The highest BCUT2D eigenvalue weighted by Crippen LogP contribution is 2.40. The van der Waals surface area contributed by atoms with E-state index in [0.717, 1.165) is 0 Å². The standard InChI is InChI=1S/C19H22ClN5O6/c1-29-14-9-15(30-2)13(8-12(14)20)23-17-16(25(27)28)18(22-10-21-17)24-6-4-11(5-7-24)19(26)31-3/h8-11H,4-7H2,1-3H3,(H,21,22,23). The predicted octanol–water partition coefficient (Wildman–Crippen LogP) is 3.19. The Hall–Kier alpha value is -3.34. The van der Waals surface area contributed by atoms with Gasteiger partial charge in [0.25, 0.3) is 0 Å². The topological polar surface area (TPSA) is 129 Å². The van der Waals surface area contributed by atoms with Crippen LogP contribution in [0.4, 0.5) is 23.0 Å². The van der Waals surface area contributed by atoms with Crippen LogP contribution in [0.15, 0.2) is 18.5 Å². The lowest BCUT2D eigenvalue weighted by atomic mass is 9.97. The molecule has 0 radical (unpaired) electrons. The van der Waals surface area contributed by atoms with E-state index in [1.165, 1.54) is 33.7 Å². The first-order valence-electron chi connectivity index (χ1n) is 9.40. The minimum atomic E-state index is -0.540. The van der Waals surface area contributed by atoms with Crippen molar-refractivity contribution in [2.24, 2.45) is 5.92 Å². The summed E-state index contributed by atoms with van der Waals surface area (Å²) in [5, 5.41) is 15.1. The van der Waals surface area contributed by atoms with Crippen LogP contribution in [0.2, 0.25) is 5.02 Å². The van der Waals surface area contributed by atoms with Crippen LogP contribution < -0.4 is 19.7 Å². The second-order valence-corrected chi connectivity index (χ2v) is 7.16. The fourth-order valence-electron chi connectivity index (χ4n) is 3.44. The molecule has 31 heavy (non-hydrogen) atoms. The zero-order valence-corrected chi connectivity index (χ0v) is 18.0. The molecule has 0 bridgehead atoms. The number of aromatic nitrogens is 2.